The predicted octanol–water partition coefficient (Wildman–Crippen LogP) is 3.83. The molecule has 0 aliphatic carbocycles. The minimum atomic E-state index is -1.07. The van der Waals surface area contributed by atoms with Gasteiger partial charge < -0.3 is 10.6 Å². The van der Waals surface area contributed by atoms with E-state index in [2.05, 4.69) is 15.7 Å². The molecule has 2 N–H and O–H groups in total. The number of amides is 1. The van der Waals surface area contributed by atoms with Crippen molar-refractivity contribution >= 4 is 23.0 Å². The van der Waals surface area contributed by atoms with E-state index in [9.17, 15) is 18.0 Å². The van der Waals surface area contributed by atoms with Gasteiger partial charge in [0.25, 0.3) is 5.91 Å². The maximum Gasteiger partial charge on any atom is 0.278 e. The smallest absolute Gasteiger partial charge is 0.278 e. The number of nitrogens with zero attached hydrogens (tertiary/aromatic N) is 2. The lowest BCUT2D eigenvalue weighted by atomic mass is 10.2. The van der Waals surface area contributed by atoms with Gasteiger partial charge in [0.05, 0.1) is 5.69 Å². The van der Waals surface area contributed by atoms with Gasteiger partial charge in [-0.3, -0.25) is 9.48 Å². The molecule has 0 spiro atoms. The van der Waals surface area contributed by atoms with Gasteiger partial charge in [-0.15, -0.1) is 0 Å². The first-order chi connectivity index (χ1) is 11.9. The molecule has 25 heavy (non-hydrogen) atoms. The van der Waals surface area contributed by atoms with E-state index in [1.54, 1.807) is 19.3 Å². The van der Waals surface area contributed by atoms with E-state index in [-0.39, 0.29) is 11.4 Å². The van der Waals surface area contributed by atoms with Crippen LogP contribution in [0.3, 0.4) is 0 Å². The lowest BCUT2D eigenvalue weighted by molar-refractivity contribution is 0.102. The molecular formula is C17H13F3N4O. The minimum absolute atomic E-state index is 0.0245. The van der Waals surface area contributed by atoms with E-state index in [1.807, 2.05) is 0 Å². The number of hydrogen-bond acceptors (Lipinski definition) is 3. The van der Waals surface area contributed by atoms with Crippen molar-refractivity contribution in [3.63, 3.8) is 0 Å². The average molecular weight is 346 g/mol. The third kappa shape index (κ3) is 3.79. The molecule has 0 fully saturated rings. The Morgan fingerprint density at radius 3 is 2.56 bits per heavy atom. The summed E-state index contributed by atoms with van der Waals surface area (Å²) in [6.45, 7) is 0. The Labute approximate surface area is 141 Å². The summed E-state index contributed by atoms with van der Waals surface area (Å²) in [5, 5.41) is 9.39. The van der Waals surface area contributed by atoms with Crippen molar-refractivity contribution in [2.24, 2.45) is 7.05 Å². The van der Waals surface area contributed by atoms with Crippen LogP contribution in [0.25, 0.3) is 0 Å². The lowest BCUT2D eigenvalue weighted by Gasteiger charge is -2.07. The summed E-state index contributed by atoms with van der Waals surface area (Å²) in [6.07, 6.45) is 1.55. The Balaban J connectivity index is 1.84. The van der Waals surface area contributed by atoms with Crippen molar-refractivity contribution in [3.05, 3.63) is 71.8 Å². The van der Waals surface area contributed by atoms with Gasteiger partial charge >= 0.3 is 0 Å². The van der Waals surface area contributed by atoms with E-state index in [0.717, 1.165) is 12.1 Å². The SMILES string of the molecule is Cn1cc(Nc2cccc(F)c2)c(C(=O)Nc2ccc(F)c(F)c2)n1. The summed E-state index contributed by atoms with van der Waals surface area (Å²) >= 11 is 0. The summed E-state index contributed by atoms with van der Waals surface area (Å²) in [4.78, 5) is 12.4. The molecule has 0 aliphatic rings. The van der Waals surface area contributed by atoms with Gasteiger partial charge in [-0.05, 0) is 30.3 Å². The highest BCUT2D eigenvalue weighted by atomic mass is 19.2. The van der Waals surface area contributed by atoms with E-state index in [0.29, 0.717) is 11.4 Å². The normalized spacial score (nSPS) is 10.6. The molecule has 1 heterocycles. The van der Waals surface area contributed by atoms with Crippen LogP contribution in [0.2, 0.25) is 0 Å². The van der Waals surface area contributed by atoms with Gasteiger partial charge in [-0.2, -0.15) is 5.10 Å². The molecule has 0 unspecified atom stereocenters. The van der Waals surface area contributed by atoms with Gasteiger partial charge in [0.1, 0.15) is 5.82 Å². The van der Waals surface area contributed by atoms with Crippen molar-refractivity contribution in [1.82, 2.24) is 9.78 Å². The number of rotatable bonds is 4. The fourth-order valence-corrected chi connectivity index (χ4v) is 2.23. The molecule has 1 amide bonds. The quantitative estimate of drug-likeness (QED) is 0.755. The summed E-state index contributed by atoms with van der Waals surface area (Å²) in [5.41, 5.74) is 0.894. The number of halogens is 3. The second kappa shape index (κ2) is 6.68. The second-order valence-corrected chi connectivity index (χ2v) is 5.28. The zero-order valence-electron chi connectivity index (χ0n) is 13.1. The Bertz CT molecular complexity index is 939. The molecule has 0 atom stereocenters. The minimum Gasteiger partial charge on any atom is -0.352 e. The number of carbonyl (C=O) groups excluding carboxylic acids is 1. The molecular weight excluding hydrogens is 333 g/mol. The molecule has 0 aliphatic heterocycles. The van der Waals surface area contributed by atoms with Gasteiger partial charge in [0, 0.05) is 30.7 Å². The highest BCUT2D eigenvalue weighted by molar-refractivity contribution is 6.06. The van der Waals surface area contributed by atoms with E-state index < -0.39 is 23.4 Å². The van der Waals surface area contributed by atoms with Crippen LogP contribution in [0.4, 0.5) is 30.2 Å². The monoisotopic (exact) mass is 346 g/mol. The van der Waals surface area contributed by atoms with Crippen molar-refractivity contribution in [2.75, 3.05) is 10.6 Å². The fourth-order valence-electron chi connectivity index (χ4n) is 2.23. The summed E-state index contributed by atoms with van der Waals surface area (Å²) in [7, 11) is 1.62. The van der Waals surface area contributed by atoms with Crippen LogP contribution in [0, 0.1) is 17.5 Å². The molecule has 128 valence electrons. The van der Waals surface area contributed by atoms with E-state index in [1.165, 1.54) is 28.9 Å². The number of hydrogen-bond donors (Lipinski definition) is 2. The Hall–Kier alpha value is -3.29. The first-order valence-electron chi connectivity index (χ1n) is 7.25. The third-order valence-corrected chi connectivity index (χ3v) is 3.32. The number of anilines is 3. The first kappa shape index (κ1) is 16.6. The van der Waals surface area contributed by atoms with Crippen LogP contribution in [-0.2, 0) is 7.05 Å². The molecule has 5 nitrogen and oxygen atoms in total. The van der Waals surface area contributed by atoms with Gasteiger partial charge in [0.15, 0.2) is 17.3 Å². The molecule has 0 radical (unpaired) electrons. The number of aryl methyl sites for hydroxylation is 1. The maximum absolute atomic E-state index is 13.3. The molecule has 0 saturated carbocycles. The van der Waals surface area contributed by atoms with Crippen LogP contribution in [0.1, 0.15) is 10.5 Å². The number of nitrogens with one attached hydrogen (secondary N) is 2. The fraction of sp³-hybridized carbons (Fsp3) is 0.0588. The van der Waals surface area contributed by atoms with E-state index in [4.69, 9.17) is 0 Å². The Morgan fingerprint density at radius 2 is 1.84 bits per heavy atom. The van der Waals surface area contributed by atoms with Crippen molar-refractivity contribution in [2.45, 2.75) is 0 Å². The number of carbonyl (C=O) groups is 1. The van der Waals surface area contributed by atoms with E-state index >= 15 is 0 Å². The summed E-state index contributed by atoms with van der Waals surface area (Å²) < 4.78 is 40.9. The van der Waals surface area contributed by atoms with Crippen LogP contribution in [0.5, 0.6) is 0 Å². The highest BCUT2D eigenvalue weighted by Gasteiger charge is 2.17. The van der Waals surface area contributed by atoms with Gasteiger partial charge in [-0.1, -0.05) is 6.07 Å². The first-order valence-corrected chi connectivity index (χ1v) is 7.25. The summed E-state index contributed by atoms with van der Waals surface area (Å²) in [6, 6.07) is 8.74. The summed E-state index contributed by atoms with van der Waals surface area (Å²) in [5.74, 6) is -3.13. The van der Waals surface area contributed by atoms with Crippen molar-refractivity contribution < 1.29 is 18.0 Å². The Kier molecular flexibility index (Phi) is 4.42. The van der Waals surface area contributed by atoms with Gasteiger partial charge in [-0.25, -0.2) is 13.2 Å². The highest BCUT2D eigenvalue weighted by Crippen LogP contribution is 2.22. The average Bonchev–Trinajstić information content (AvgIpc) is 2.91. The molecule has 3 aromatic rings. The molecule has 0 bridgehead atoms. The predicted molar refractivity (Wildman–Crippen MR) is 87.2 cm³/mol. The van der Waals surface area contributed by atoms with Crippen LogP contribution in [0.15, 0.2) is 48.7 Å². The lowest BCUT2D eigenvalue weighted by Crippen LogP contribution is -2.14. The standard InChI is InChI=1S/C17H13F3N4O/c1-24-9-15(21-11-4-2-3-10(18)7-11)16(23-24)17(25)22-12-5-6-13(19)14(20)8-12/h2-9,21H,1H3,(H,22,25). The molecule has 1 aromatic heterocycles. The third-order valence-electron chi connectivity index (χ3n) is 3.32. The zero-order chi connectivity index (χ0) is 18.0. The topological polar surface area (TPSA) is 59.0 Å². The Morgan fingerprint density at radius 1 is 1.04 bits per heavy atom. The van der Waals surface area contributed by atoms with Crippen LogP contribution in [-0.4, -0.2) is 15.7 Å². The molecule has 0 saturated heterocycles. The molecule has 3 rings (SSSR count). The van der Waals surface area contributed by atoms with Gasteiger partial charge in [0.2, 0.25) is 0 Å². The van der Waals surface area contributed by atoms with Crippen molar-refractivity contribution in [1.29, 1.82) is 0 Å². The second-order valence-electron chi connectivity index (χ2n) is 5.28. The van der Waals surface area contributed by atoms with Crippen LogP contribution >= 0.6 is 0 Å². The van der Waals surface area contributed by atoms with Crippen LogP contribution < -0.4 is 10.6 Å². The number of aromatic nitrogens is 2. The maximum atomic E-state index is 13.3. The largest absolute Gasteiger partial charge is 0.352 e. The zero-order valence-corrected chi connectivity index (χ0v) is 13.1. The van der Waals surface area contributed by atoms with Crippen molar-refractivity contribution in [3.8, 4) is 0 Å². The molecule has 8 heteroatoms. The molecule has 2 aromatic carbocycles. The number of benzene rings is 2.